The van der Waals surface area contributed by atoms with Gasteiger partial charge in [0.2, 0.25) is 5.91 Å². The summed E-state index contributed by atoms with van der Waals surface area (Å²) in [5.74, 6) is 0.841. The van der Waals surface area contributed by atoms with Crippen LogP contribution in [0.1, 0.15) is 12.5 Å². The van der Waals surface area contributed by atoms with E-state index in [1.807, 2.05) is 31.2 Å². The highest BCUT2D eigenvalue weighted by atomic mass is 16.5. The number of likely N-dealkylation sites (N-methyl/N-ethyl adjacent to an activating group) is 1. The summed E-state index contributed by atoms with van der Waals surface area (Å²) in [5.41, 5.74) is 1.18. The van der Waals surface area contributed by atoms with Crippen LogP contribution < -0.4 is 4.74 Å². The van der Waals surface area contributed by atoms with Crippen LogP contribution in [-0.4, -0.2) is 44.7 Å². The van der Waals surface area contributed by atoms with E-state index in [2.05, 4.69) is 0 Å². The number of benzene rings is 1. The van der Waals surface area contributed by atoms with Gasteiger partial charge in [-0.05, 0) is 31.0 Å². The van der Waals surface area contributed by atoms with Crippen molar-refractivity contribution in [2.45, 2.75) is 19.4 Å². The van der Waals surface area contributed by atoms with Crippen LogP contribution >= 0.6 is 0 Å². The van der Waals surface area contributed by atoms with Crippen LogP contribution in [0.4, 0.5) is 0 Å². The molecule has 4 heteroatoms. The van der Waals surface area contributed by atoms with E-state index < -0.39 is 0 Å². The summed E-state index contributed by atoms with van der Waals surface area (Å²) in [6.07, 6.45) is 0.815. The predicted molar refractivity (Wildman–Crippen MR) is 70.8 cm³/mol. The molecule has 0 aromatic heterocycles. The quantitative estimate of drug-likeness (QED) is 0.773. The molecule has 18 heavy (non-hydrogen) atoms. The lowest BCUT2D eigenvalue weighted by Gasteiger charge is -2.24. The molecule has 0 N–H and O–H groups in total. The Morgan fingerprint density at radius 1 is 1.28 bits per heavy atom. The van der Waals surface area contributed by atoms with Crippen molar-refractivity contribution in [3.05, 3.63) is 29.8 Å². The summed E-state index contributed by atoms with van der Waals surface area (Å²) in [5, 5.41) is 0. The van der Waals surface area contributed by atoms with Crippen molar-refractivity contribution >= 4 is 5.91 Å². The van der Waals surface area contributed by atoms with Gasteiger partial charge in [-0.1, -0.05) is 12.1 Å². The van der Waals surface area contributed by atoms with E-state index in [4.69, 9.17) is 9.47 Å². The third kappa shape index (κ3) is 4.04. The third-order valence-corrected chi connectivity index (χ3v) is 3.01. The summed E-state index contributed by atoms with van der Waals surface area (Å²) in [6, 6.07) is 8.03. The van der Waals surface area contributed by atoms with E-state index in [1.165, 1.54) is 12.7 Å². The van der Waals surface area contributed by atoms with Gasteiger partial charge in [-0.25, -0.2) is 0 Å². The standard InChI is InChI=1S/C14H21NO3/c1-11(15(2)14(16)10-17-3)9-12-5-7-13(18-4)8-6-12/h5-8,11H,9-10H2,1-4H3. The summed E-state index contributed by atoms with van der Waals surface area (Å²) < 4.78 is 9.96. The van der Waals surface area contributed by atoms with Crippen molar-refractivity contribution in [1.82, 2.24) is 4.90 Å². The fourth-order valence-electron chi connectivity index (χ4n) is 1.71. The van der Waals surface area contributed by atoms with Crippen molar-refractivity contribution < 1.29 is 14.3 Å². The van der Waals surface area contributed by atoms with E-state index in [0.29, 0.717) is 0 Å². The van der Waals surface area contributed by atoms with Crippen molar-refractivity contribution in [1.29, 1.82) is 0 Å². The monoisotopic (exact) mass is 251 g/mol. The number of nitrogens with zero attached hydrogens (tertiary/aromatic N) is 1. The largest absolute Gasteiger partial charge is 0.497 e. The van der Waals surface area contributed by atoms with Crippen LogP contribution in [0.3, 0.4) is 0 Å². The Bertz CT molecular complexity index is 375. The molecule has 1 rings (SSSR count). The highest BCUT2D eigenvalue weighted by Crippen LogP contribution is 2.14. The molecule has 1 amide bonds. The molecule has 0 saturated heterocycles. The summed E-state index contributed by atoms with van der Waals surface area (Å²) in [7, 11) is 4.98. The number of methoxy groups -OCH3 is 2. The number of hydrogen-bond acceptors (Lipinski definition) is 3. The molecule has 0 aliphatic rings. The van der Waals surface area contributed by atoms with Crippen molar-refractivity contribution in [3.63, 3.8) is 0 Å². The van der Waals surface area contributed by atoms with Gasteiger partial charge in [-0.3, -0.25) is 4.79 Å². The van der Waals surface area contributed by atoms with Gasteiger partial charge >= 0.3 is 0 Å². The lowest BCUT2D eigenvalue weighted by Crippen LogP contribution is -2.38. The molecule has 0 saturated carbocycles. The van der Waals surface area contributed by atoms with Gasteiger partial charge in [0.25, 0.3) is 0 Å². The number of carbonyl (C=O) groups excluding carboxylic acids is 1. The van der Waals surface area contributed by atoms with Crippen LogP contribution in [0.25, 0.3) is 0 Å². The van der Waals surface area contributed by atoms with E-state index in [-0.39, 0.29) is 18.6 Å². The molecule has 1 atom stereocenters. The first-order valence-corrected chi connectivity index (χ1v) is 5.96. The highest BCUT2D eigenvalue weighted by Gasteiger charge is 2.15. The summed E-state index contributed by atoms with van der Waals surface area (Å²) in [6.45, 7) is 2.15. The van der Waals surface area contributed by atoms with E-state index in [0.717, 1.165) is 12.2 Å². The molecule has 1 aromatic carbocycles. The lowest BCUT2D eigenvalue weighted by atomic mass is 10.1. The Morgan fingerprint density at radius 3 is 2.39 bits per heavy atom. The first kappa shape index (κ1) is 14.5. The molecule has 100 valence electrons. The van der Waals surface area contributed by atoms with Crippen LogP contribution in [0.15, 0.2) is 24.3 Å². The molecule has 0 radical (unpaired) electrons. The average Bonchev–Trinajstić information content (AvgIpc) is 2.39. The van der Waals surface area contributed by atoms with E-state index >= 15 is 0 Å². The van der Waals surface area contributed by atoms with Crippen molar-refractivity contribution in [3.8, 4) is 5.75 Å². The van der Waals surface area contributed by atoms with Crippen LogP contribution in [-0.2, 0) is 16.0 Å². The smallest absolute Gasteiger partial charge is 0.248 e. The van der Waals surface area contributed by atoms with Crippen LogP contribution in [0, 0.1) is 0 Å². The number of rotatable bonds is 6. The fourth-order valence-corrected chi connectivity index (χ4v) is 1.71. The van der Waals surface area contributed by atoms with Gasteiger partial charge in [0.1, 0.15) is 12.4 Å². The summed E-state index contributed by atoms with van der Waals surface area (Å²) in [4.78, 5) is 13.4. The molecular weight excluding hydrogens is 230 g/mol. The highest BCUT2D eigenvalue weighted by molar-refractivity contribution is 5.77. The van der Waals surface area contributed by atoms with Gasteiger partial charge in [0.15, 0.2) is 0 Å². The Balaban J connectivity index is 2.57. The minimum atomic E-state index is -0.00138. The molecule has 0 bridgehead atoms. The van der Waals surface area contributed by atoms with Gasteiger partial charge < -0.3 is 14.4 Å². The van der Waals surface area contributed by atoms with Crippen molar-refractivity contribution in [2.75, 3.05) is 27.9 Å². The molecule has 4 nitrogen and oxygen atoms in total. The Morgan fingerprint density at radius 2 is 1.89 bits per heavy atom. The first-order valence-electron chi connectivity index (χ1n) is 5.96. The van der Waals surface area contributed by atoms with Crippen LogP contribution in [0.5, 0.6) is 5.75 Å². The third-order valence-electron chi connectivity index (χ3n) is 3.01. The number of carbonyl (C=O) groups is 1. The molecule has 0 aliphatic heterocycles. The molecule has 1 aromatic rings. The average molecular weight is 251 g/mol. The minimum Gasteiger partial charge on any atom is -0.497 e. The topological polar surface area (TPSA) is 38.8 Å². The number of ether oxygens (including phenoxy) is 2. The van der Waals surface area contributed by atoms with Gasteiger partial charge in [0, 0.05) is 20.2 Å². The molecular formula is C14H21NO3. The zero-order chi connectivity index (χ0) is 13.5. The minimum absolute atomic E-state index is 0.00138. The maximum atomic E-state index is 11.7. The maximum absolute atomic E-state index is 11.7. The lowest BCUT2D eigenvalue weighted by molar-refractivity contribution is -0.135. The zero-order valence-corrected chi connectivity index (χ0v) is 11.5. The Labute approximate surface area is 108 Å². The van der Waals surface area contributed by atoms with E-state index in [1.54, 1.807) is 19.1 Å². The van der Waals surface area contributed by atoms with Crippen molar-refractivity contribution in [2.24, 2.45) is 0 Å². The second kappa shape index (κ2) is 7.01. The van der Waals surface area contributed by atoms with Gasteiger partial charge in [0.05, 0.1) is 7.11 Å². The SMILES string of the molecule is COCC(=O)N(C)C(C)Cc1ccc(OC)cc1. The second-order valence-corrected chi connectivity index (χ2v) is 4.34. The Kier molecular flexibility index (Phi) is 5.65. The fraction of sp³-hybridized carbons (Fsp3) is 0.500. The van der Waals surface area contributed by atoms with Crippen LogP contribution in [0.2, 0.25) is 0 Å². The molecule has 0 aliphatic carbocycles. The predicted octanol–water partition coefficient (Wildman–Crippen LogP) is 1.73. The molecule has 0 fully saturated rings. The van der Waals surface area contributed by atoms with Gasteiger partial charge in [-0.15, -0.1) is 0 Å². The Hall–Kier alpha value is -1.55. The normalized spacial score (nSPS) is 12.0. The second-order valence-electron chi connectivity index (χ2n) is 4.34. The first-order chi connectivity index (χ1) is 8.58. The summed E-state index contributed by atoms with van der Waals surface area (Å²) >= 11 is 0. The van der Waals surface area contributed by atoms with Gasteiger partial charge in [-0.2, -0.15) is 0 Å². The number of hydrogen-bond donors (Lipinski definition) is 0. The molecule has 0 spiro atoms. The van der Waals surface area contributed by atoms with E-state index in [9.17, 15) is 4.79 Å². The zero-order valence-electron chi connectivity index (χ0n) is 11.5. The molecule has 1 unspecified atom stereocenters. The number of amides is 1. The molecule has 0 heterocycles. The maximum Gasteiger partial charge on any atom is 0.248 e.